The summed E-state index contributed by atoms with van der Waals surface area (Å²) in [5, 5.41) is 2.20. The van der Waals surface area contributed by atoms with Gasteiger partial charge in [-0.25, -0.2) is 0 Å². The monoisotopic (exact) mass is 224 g/mol. The number of hydrogen-bond acceptors (Lipinski definition) is 3. The maximum Gasteiger partial charge on any atom is 0.291 e. The number of aromatic nitrogens is 1. The number of anilines is 1. The van der Waals surface area contributed by atoms with E-state index in [1.807, 2.05) is 0 Å². The first-order valence-electron chi connectivity index (χ1n) is 4.34. The van der Waals surface area contributed by atoms with Crippen LogP contribution in [0.2, 0.25) is 0 Å². The van der Waals surface area contributed by atoms with Crippen molar-refractivity contribution in [1.82, 2.24) is 4.98 Å². The zero-order valence-corrected chi connectivity index (χ0v) is 7.91. The van der Waals surface area contributed by atoms with Gasteiger partial charge in [0.1, 0.15) is 0 Å². The van der Waals surface area contributed by atoms with Crippen LogP contribution in [-0.2, 0) is 0 Å². The van der Waals surface area contributed by atoms with Gasteiger partial charge in [-0.15, -0.1) is 0 Å². The number of furan rings is 1. The minimum atomic E-state index is -1.08. The quantitative estimate of drug-likeness (QED) is 0.795. The minimum Gasteiger partial charge on any atom is -0.459 e. The number of carbonyl (C=O) groups is 1. The lowest BCUT2D eigenvalue weighted by atomic mass is 10.3. The van der Waals surface area contributed by atoms with Crippen LogP contribution in [0.3, 0.4) is 0 Å². The molecule has 0 fully saturated rings. The molecule has 4 nitrogen and oxygen atoms in total. The number of carbonyl (C=O) groups excluding carboxylic acids is 1. The summed E-state index contributed by atoms with van der Waals surface area (Å²) in [4.78, 5) is 14.3. The normalized spacial score (nSPS) is 10.1. The lowest BCUT2D eigenvalue weighted by Gasteiger charge is -2.03. The van der Waals surface area contributed by atoms with Crippen LogP contribution in [0.25, 0.3) is 0 Å². The van der Waals surface area contributed by atoms with Crippen molar-refractivity contribution in [3.05, 3.63) is 48.2 Å². The molecule has 2 aromatic rings. The zero-order valence-electron chi connectivity index (χ0n) is 7.91. The fraction of sp³-hybridized carbons (Fsp3) is 0. The van der Waals surface area contributed by atoms with E-state index in [-0.39, 0.29) is 11.4 Å². The number of pyridine rings is 1. The highest BCUT2D eigenvalue weighted by atomic mass is 19.1. The van der Waals surface area contributed by atoms with E-state index in [0.717, 1.165) is 12.1 Å². The van der Waals surface area contributed by atoms with Crippen LogP contribution in [-0.4, -0.2) is 10.9 Å². The highest BCUT2D eigenvalue weighted by Gasteiger charge is 2.12. The van der Waals surface area contributed by atoms with Crippen molar-refractivity contribution < 1.29 is 18.0 Å². The molecule has 2 rings (SSSR count). The molecule has 6 heteroatoms. The maximum atomic E-state index is 13.1. The van der Waals surface area contributed by atoms with Crippen LogP contribution in [0.15, 0.2) is 34.9 Å². The predicted molar refractivity (Wildman–Crippen MR) is 50.8 cm³/mol. The Hall–Kier alpha value is -2.24. The topological polar surface area (TPSA) is 55.1 Å². The van der Waals surface area contributed by atoms with Crippen molar-refractivity contribution in [3.8, 4) is 0 Å². The van der Waals surface area contributed by atoms with Crippen molar-refractivity contribution in [3.63, 3.8) is 0 Å². The Kier molecular flexibility index (Phi) is 2.63. The SMILES string of the molecule is O=C(Nc1ccc(F)nc1F)c1ccco1. The van der Waals surface area contributed by atoms with Gasteiger partial charge in [0.25, 0.3) is 5.91 Å². The van der Waals surface area contributed by atoms with Gasteiger partial charge in [-0.05, 0) is 24.3 Å². The van der Waals surface area contributed by atoms with Crippen molar-refractivity contribution in [1.29, 1.82) is 0 Å². The molecular formula is C10H6F2N2O2. The Balaban J connectivity index is 2.18. The van der Waals surface area contributed by atoms with E-state index in [1.165, 1.54) is 18.4 Å². The Morgan fingerprint density at radius 1 is 1.31 bits per heavy atom. The van der Waals surface area contributed by atoms with Gasteiger partial charge in [0.05, 0.1) is 12.0 Å². The molecule has 0 aromatic carbocycles. The van der Waals surface area contributed by atoms with E-state index < -0.39 is 17.8 Å². The van der Waals surface area contributed by atoms with Crippen LogP contribution in [0.5, 0.6) is 0 Å². The molecule has 16 heavy (non-hydrogen) atoms. The van der Waals surface area contributed by atoms with Crippen LogP contribution in [0.1, 0.15) is 10.6 Å². The highest BCUT2D eigenvalue weighted by Crippen LogP contribution is 2.13. The number of halogens is 2. The number of rotatable bonds is 2. The molecule has 2 aromatic heterocycles. The Morgan fingerprint density at radius 3 is 2.75 bits per heavy atom. The number of amides is 1. The first kappa shape index (κ1) is 10.3. The van der Waals surface area contributed by atoms with Crippen LogP contribution in [0, 0.1) is 11.9 Å². The highest BCUT2D eigenvalue weighted by molar-refractivity contribution is 6.02. The molecule has 0 aliphatic carbocycles. The average Bonchev–Trinajstić information content (AvgIpc) is 2.75. The van der Waals surface area contributed by atoms with Crippen molar-refractivity contribution >= 4 is 11.6 Å². The summed E-state index contributed by atoms with van der Waals surface area (Å²) in [7, 11) is 0. The van der Waals surface area contributed by atoms with Gasteiger partial charge in [0.2, 0.25) is 11.9 Å². The molecule has 0 aliphatic rings. The summed E-state index contributed by atoms with van der Waals surface area (Å²) < 4.78 is 30.3. The molecule has 1 N–H and O–H groups in total. The zero-order chi connectivity index (χ0) is 11.5. The third-order valence-electron chi connectivity index (χ3n) is 1.81. The molecule has 0 saturated heterocycles. The first-order chi connectivity index (χ1) is 7.66. The van der Waals surface area contributed by atoms with E-state index in [1.54, 1.807) is 0 Å². The standard InChI is InChI=1S/C10H6F2N2O2/c11-8-4-3-6(9(12)14-8)13-10(15)7-2-1-5-16-7/h1-5H,(H,13,15). The summed E-state index contributed by atoms with van der Waals surface area (Å²) in [5.41, 5.74) is -0.206. The Labute approximate surface area is 88.9 Å². The van der Waals surface area contributed by atoms with E-state index in [0.29, 0.717) is 0 Å². The molecule has 0 saturated carbocycles. The molecule has 0 atom stereocenters. The molecule has 1 amide bonds. The van der Waals surface area contributed by atoms with Crippen LogP contribution >= 0.6 is 0 Å². The van der Waals surface area contributed by atoms with Gasteiger partial charge >= 0.3 is 0 Å². The summed E-state index contributed by atoms with van der Waals surface area (Å²) in [6.45, 7) is 0. The fourth-order valence-corrected chi connectivity index (χ4v) is 1.10. The van der Waals surface area contributed by atoms with E-state index in [4.69, 9.17) is 4.42 Å². The molecule has 0 bridgehead atoms. The molecular weight excluding hydrogens is 218 g/mol. The van der Waals surface area contributed by atoms with E-state index in [9.17, 15) is 13.6 Å². The number of nitrogens with zero attached hydrogens (tertiary/aromatic N) is 1. The molecule has 0 aliphatic heterocycles. The smallest absolute Gasteiger partial charge is 0.291 e. The second kappa shape index (κ2) is 4.09. The maximum absolute atomic E-state index is 13.1. The first-order valence-corrected chi connectivity index (χ1v) is 4.34. The van der Waals surface area contributed by atoms with Crippen molar-refractivity contribution in [2.45, 2.75) is 0 Å². The van der Waals surface area contributed by atoms with Gasteiger partial charge in [0, 0.05) is 0 Å². The molecule has 2 heterocycles. The van der Waals surface area contributed by atoms with Crippen molar-refractivity contribution in [2.24, 2.45) is 0 Å². The predicted octanol–water partition coefficient (Wildman–Crippen LogP) is 2.21. The van der Waals surface area contributed by atoms with Crippen LogP contribution < -0.4 is 5.32 Å². The third kappa shape index (κ3) is 2.05. The lowest BCUT2D eigenvalue weighted by Crippen LogP contribution is -2.12. The fourth-order valence-electron chi connectivity index (χ4n) is 1.10. The van der Waals surface area contributed by atoms with Crippen LogP contribution in [0.4, 0.5) is 14.5 Å². The second-order valence-electron chi connectivity index (χ2n) is 2.90. The van der Waals surface area contributed by atoms with Gasteiger partial charge in [-0.3, -0.25) is 4.79 Å². The molecule has 0 unspecified atom stereocenters. The van der Waals surface area contributed by atoms with E-state index >= 15 is 0 Å². The summed E-state index contributed by atoms with van der Waals surface area (Å²) in [6.07, 6.45) is 1.31. The summed E-state index contributed by atoms with van der Waals surface area (Å²) in [5.74, 6) is -2.63. The van der Waals surface area contributed by atoms with Gasteiger partial charge in [-0.2, -0.15) is 13.8 Å². The summed E-state index contributed by atoms with van der Waals surface area (Å²) in [6, 6.07) is 4.97. The second-order valence-corrected chi connectivity index (χ2v) is 2.90. The average molecular weight is 224 g/mol. The summed E-state index contributed by atoms with van der Waals surface area (Å²) >= 11 is 0. The van der Waals surface area contributed by atoms with E-state index in [2.05, 4.69) is 10.3 Å². The molecule has 82 valence electrons. The lowest BCUT2D eigenvalue weighted by molar-refractivity contribution is 0.0996. The molecule has 0 radical (unpaired) electrons. The van der Waals surface area contributed by atoms with Crippen molar-refractivity contribution in [2.75, 3.05) is 5.32 Å². The van der Waals surface area contributed by atoms with Gasteiger partial charge < -0.3 is 9.73 Å². The number of hydrogen-bond donors (Lipinski definition) is 1. The largest absolute Gasteiger partial charge is 0.459 e. The van der Waals surface area contributed by atoms with Gasteiger partial charge in [-0.1, -0.05) is 0 Å². The third-order valence-corrected chi connectivity index (χ3v) is 1.81. The number of nitrogens with one attached hydrogen (secondary N) is 1. The minimum absolute atomic E-state index is 0.0312. The van der Waals surface area contributed by atoms with Gasteiger partial charge in [0.15, 0.2) is 5.76 Å². The molecule has 0 spiro atoms. The Bertz CT molecular complexity index is 512. The Morgan fingerprint density at radius 2 is 2.12 bits per heavy atom.